The molecule has 0 bridgehead atoms. The Bertz CT molecular complexity index is 769. The van der Waals surface area contributed by atoms with E-state index in [0.29, 0.717) is 0 Å². The molecule has 0 spiro atoms. The van der Waals surface area contributed by atoms with Crippen molar-refractivity contribution in [3.63, 3.8) is 0 Å². The molecule has 164 valence electrons. The van der Waals surface area contributed by atoms with Crippen LogP contribution in [0.5, 0.6) is 0 Å². The first-order valence-electron chi connectivity index (χ1n) is 10.4. The van der Waals surface area contributed by atoms with Crippen LogP contribution < -0.4 is 0 Å². The molecule has 0 amide bonds. The van der Waals surface area contributed by atoms with Crippen molar-refractivity contribution in [2.75, 3.05) is 14.1 Å². The Kier molecular flexibility index (Phi) is 11.5. The molecule has 10 radical (unpaired) electrons. The number of carbonyl (C=O) groups is 1. The van der Waals surface area contributed by atoms with E-state index in [4.69, 9.17) is 4.74 Å². The SMILES string of the molecule is CC(=O)O[C@H]([C]1[CH][CH][CH][C]1[C@H](c1ccccc1)N(C)C)c1ccccc1.[CH]1[CH][CH][CH][CH]1.[Fe+2]. The van der Waals surface area contributed by atoms with Gasteiger partial charge in [-0.25, -0.2) is 0 Å². The third kappa shape index (κ3) is 7.47. The first-order valence-corrected chi connectivity index (χ1v) is 10.4. The van der Waals surface area contributed by atoms with E-state index in [0.717, 1.165) is 17.4 Å². The normalized spacial score (nSPS) is 18.4. The summed E-state index contributed by atoms with van der Waals surface area (Å²) in [6.07, 6.45) is 15.8. The standard InChI is InChI=1S/C23H24NO2.C5H5.Fe/c1-17(25)26-23(19-13-8-5-9-14-19)21-16-10-15-20(21)22(24(2)3)18-11-6-4-7-12-18;1-2-4-5-3-1;/h4-16,22-23H,1-3H3;1-5H;/q;;+2/t22-,23-;;/m0../s1. The van der Waals surface area contributed by atoms with Gasteiger partial charge < -0.3 is 9.64 Å². The number of esters is 1. The zero-order valence-corrected chi connectivity index (χ0v) is 19.8. The summed E-state index contributed by atoms with van der Waals surface area (Å²) in [5.74, 6) is 1.89. The first-order chi connectivity index (χ1) is 15.1. The molecule has 4 heteroatoms. The number of hydrogen-bond acceptors (Lipinski definition) is 3. The van der Waals surface area contributed by atoms with Crippen molar-refractivity contribution in [2.45, 2.75) is 19.1 Å². The molecule has 32 heavy (non-hydrogen) atoms. The van der Waals surface area contributed by atoms with Crippen LogP contribution in [0.25, 0.3) is 0 Å². The van der Waals surface area contributed by atoms with Crippen LogP contribution in [-0.2, 0) is 26.6 Å². The van der Waals surface area contributed by atoms with Crippen LogP contribution in [0, 0.1) is 63.2 Å². The molecule has 0 aliphatic heterocycles. The Morgan fingerprint density at radius 3 is 1.66 bits per heavy atom. The number of ether oxygens (including phenoxy) is 1. The maximum absolute atomic E-state index is 11.8. The van der Waals surface area contributed by atoms with E-state index in [1.165, 1.54) is 12.5 Å². The summed E-state index contributed by atoms with van der Waals surface area (Å²) >= 11 is 0. The number of rotatable bonds is 6. The van der Waals surface area contributed by atoms with Gasteiger partial charge in [0, 0.05) is 24.8 Å². The van der Waals surface area contributed by atoms with Crippen molar-refractivity contribution >= 4 is 5.97 Å². The minimum absolute atomic E-state index is 0. The monoisotopic (exact) mass is 467 g/mol. The number of benzene rings is 2. The second-order valence-electron chi connectivity index (χ2n) is 7.58. The third-order valence-corrected chi connectivity index (χ3v) is 5.04. The number of hydrogen-bond donors (Lipinski definition) is 0. The average molecular weight is 467 g/mol. The molecule has 2 atom stereocenters. The Balaban J connectivity index is 0.000000534. The summed E-state index contributed by atoms with van der Waals surface area (Å²) in [7, 11) is 4.13. The summed E-state index contributed by atoms with van der Waals surface area (Å²) in [5.41, 5.74) is 2.18. The zero-order chi connectivity index (χ0) is 22.1. The fraction of sp³-hybridized carbons (Fsp3) is 0.179. The molecule has 0 saturated heterocycles. The van der Waals surface area contributed by atoms with Crippen LogP contribution in [0.1, 0.15) is 30.2 Å². The molecule has 2 saturated carbocycles. The molecule has 0 heterocycles. The number of nitrogens with zero attached hydrogens (tertiary/aromatic N) is 1. The molecule has 0 N–H and O–H groups in total. The van der Waals surface area contributed by atoms with E-state index in [1.807, 2.05) is 74.9 Å². The fourth-order valence-electron chi connectivity index (χ4n) is 3.75. The van der Waals surface area contributed by atoms with Gasteiger partial charge in [0.2, 0.25) is 0 Å². The third-order valence-electron chi connectivity index (χ3n) is 5.04. The molecular weight excluding hydrogens is 438 g/mol. The van der Waals surface area contributed by atoms with E-state index >= 15 is 0 Å². The predicted octanol–water partition coefficient (Wildman–Crippen LogP) is 5.39. The van der Waals surface area contributed by atoms with Gasteiger partial charge in [-0.1, -0.05) is 60.7 Å². The molecule has 2 aromatic carbocycles. The van der Waals surface area contributed by atoms with Gasteiger partial charge in [0.15, 0.2) is 0 Å². The molecule has 4 rings (SSSR count). The van der Waals surface area contributed by atoms with E-state index in [1.54, 1.807) is 0 Å². The van der Waals surface area contributed by atoms with E-state index in [9.17, 15) is 4.79 Å². The van der Waals surface area contributed by atoms with Crippen LogP contribution in [0.3, 0.4) is 0 Å². The Hall–Kier alpha value is -1.61. The second kappa shape index (κ2) is 13.8. The van der Waals surface area contributed by atoms with E-state index in [2.05, 4.69) is 56.1 Å². The molecule has 2 aliphatic carbocycles. The van der Waals surface area contributed by atoms with Crippen molar-refractivity contribution in [2.24, 2.45) is 0 Å². The molecule has 2 fully saturated rings. The van der Waals surface area contributed by atoms with Gasteiger partial charge >= 0.3 is 23.0 Å². The summed E-state index contributed by atoms with van der Waals surface area (Å²) in [5, 5.41) is 0. The van der Waals surface area contributed by atoms with Crippen LogP contribution >= 0.6 is 0 Å². The minimum atomic E-state index is -0.412. The van der Waals surface area contributed by atoms with Gasteiger partial charge in [0.1, 0.15) is 6.10 Å². The topological polar surface area (TPSA) is 29.5 Å². The molecule has 3 nitrogen and oxygen atoms in total. The second-order valence-corrected chi connectivity index (χ2v) is 7.58. The summed E-state index contributed by atoms with van der Waals surface area (Å²) < 4.78 is 5.73. The Morgan fingerprint density at radius 1 is 0.719 bits per heavy atom. The van der Waals surface area contributed by atoms with Crippen LogP contribution in [-0.4, -0.2) is 25.0 Å². The first kappa shape index (κ1) is 26.6. The molecular formula is C28H29FeNO2+2. The molecule has 2 aliphatic rings. The Labute approximate surface area is 205 Å². The fourth-order valence-corrected chi connectivity index (χ4v) is 3.75. The van der Waals surface area contributed by atoms with Crippen LogP contribution in [0.15, 0.2) is 60.7 Å². The summed E-state index contributed by atoms with van der Waals surface area (Å²) in [6.45, 7) is 1.46. The van der Waals surface area contributed by atoms with Crippen LogP contribution in [0.4, 0.5) is 0 Å². The minimum Gasteiger partial charge on any atom is -0.457 e. The van der Waals surface area contributed by atoms with Crippen molar-refractivity contribution in [3.05, 3.63) is 135 Å². The molecule has 0 aromatic heterocycles. The van der Waals surface area contributed by atoms with Crippen molar-refractivity contribution in [3.8, 4) is 0 Å². The van der Waals surface area contributed by atoms with Crippen molar-refractivity contribution in [1.29, 1.82) is 0 Å². The van der Waals surface area contributed by atoms with Gasteiger partial charge in [0.25, 0.3) is 0 Å². The van der Waals surface area contributed by atoms with Gasteiger partial charge in [-0.05, 0) is 76.6 Å². The maximum atomic E-state index is 11.8. The largest absolute Gasteiger partial charge is 2.00 e. The predicted molar refractivity (Wildman–Crippen MR) is 125 cm³/mol. The molecule has 2 aromatic rings. The van der Waals surface area contributed by atoms with Crippen molar-refractivity contribution < 1.29 is 26.6 Å². The van der Waals surface area contributed by atoms with Crippen LogP contribution in [0.2, 0.25) is 0 Å². The van der Waals surface area contributed by atoms with Gasteiger partial charge in [0.05, 0.1) is 0 Å². The van der Waals surface area contributed by atoms with Gasteiger partial charge in [-0.3, -0.25) is 4.79 Å². The van der Waals surface area contributed by atoms with E-state index < -0.39 is 6.10 Å². The van der Waals surface area contributed by atoms with E-state index in [-0.39, 0.29) is 29.1 Å². The summed E-state index contributed by atoms with van der Waals surface area (Å²) in [6, 6.07) is 20.4. The smallest absolute Gasteiger partial charge is 0.457 e. The Morgan fingerprint density at radius 2 is 1.19 bits per heavy atom. The quantitative estimate of drug-likeness (QED) is 0.422. The average Bonchev–Trinajstić information content (AvgIpc) is 3.49. The number of carbonyl (C=O) groups excluding carboxylic acids is 1. The zero-order valence-electron chi connectivity index (χ0n) is 18.7. The summed E-state index contributed by atoms with van der Waals surface area (Å²) in [4.78, 5) is 14.0. The maximum Gasteiger partial charge on any atom is 2.00 e. The van der Waals surface area contributed by atoms with Crippen molar-refractivity contribution in [1.82, 2.24) is 4.90 Å². The van der Waals surface area contributed by atoms with Gasteiger partial charge in [-0.15, -0.1) is 0 Å². The van der Waals surface area contributed by atoms with Gasteiger partial charge in [-0.2, -0.15) is 0 Å². The molecule has 0 unspecified atom stereocenters.